The van der Waals surface area contributed by atoms with Crippen molar-refractivity contribution in [3.63, 3.8) is 0 Å². The Morgan fingerprint density at radius 3 is 2.53 bits per heavy atom. The number of likely N-dealkylation sites (tertiary alicyclic amines) is 1. The molecule has 0 aromatic heterocycles. The molecule has 99 valence electrons. The first-order chi connectivity index (χ1) is 7.98. The predicted molar refractivity (Wildman–Crippen MR) is 74.9 cm³/mol. The first kappa shape index (κ1) is 14.9. The molecule has 0 aliphatic carbocycles. The van der Waals surface area contributed by atoms with Gasteiger partial charge >= 0.3 is 0 Å². The van der Waals surface area contributed by atoms with E-state index in [4.69, 9.17) is 0 Å². The van der Waals surface area contributed by atoms with Gasteiger partial charge in [-0.1, -0.05) is 0 Å². The zero-order valence-electron chi connectivity index (χ0n) is 11.2. The van der Waals surface area contributed by atoms with Crippen LogP contribution in [0.4, 0.5) is 0 Å². The van der Waals surface area contributed by atoms with Crippen molar-refractivity contribution in [1.29, 1.82) is 0 Å². The summed E-state index contributed by atoms with van der Waals surface area (Å²) in [7, 11) is 2.14. The minimum absolute atomic E-state index is 0.0766. The van der Waals surface area contributed by atoms with Crippen LogP contribution in [-0.4, -0.2) is 53.8 Å². The molecule has 1 aliphatic rings. The fraction of sp³-hybridized carbons (Fsp3) is 0.917. The van der Waals surface area contributed by atoms with Gasteiger partial charge in [-0.05, 0) is 60.3 Å². The van der Waals surface area contributed by atoms with Gasteiger partial charge in [0.05, 0.1) is 0 Å². The standard InChI is InChI=1S/C12H24N3OS/c1-5-14(4)11-6-8-15(9-7-11)10-12(2,3)17-13-16/h11H,1,5-10H2,2-4H3. The van der Waals surface area contributed by atoms with Crippen molar-refractivity contribution in [1.82, 2.24) is 9.80 Å². The Kier molecular flexibility index (Phi) is 5.89. The van der Waals surface area contributed by atoms with E-state index in [0.717, 1.165) is 38.1 Å². The highest BCUT2D eigenvalue weighted by atomic mass is 32.2. The summed E-state index contributed by atoms with van der Waals surface area (Å²) in [5.41, 5.74) is 0. The van der Waals surface area contributed by atoms with Crippen molar-refractivity contribution in [3.05, 3.63) is 11.8 Å². The lowest BCUT2D eigenvalue weighted by Gasteiger charge is -2.38. The van der Waals surface area contributed by atoms with E-state index >= 15 is 0 Å². The van der Waals surface area contributed by atoms with Gasteiger partial charge in [-0.2, -0.15) is 0 Å². The van der Waals surface area contributed by atoms with Crippen molar-refractivity contribution in [3.8, 4) is 0 Å². The molecular formula is C12H24N3OS. The highest BCUT2D eigenvalue weighted by Gasteiger charge is 2.27. The second-order valence-corrected chi connectivity index (χ2v) is 6.85. The van der Waals surface area contributed by atoms with Crippen molar-refractivity contribution in [2.45, 2.75) is 37.5 Å². The Morgan fingerprint density at radius 1 is 1.47 bits per heavy atom. The Morgan fingerprint density at radius 2 is 2.06 bits per heavy atom. The smallest absolute Gasteiger partial charge is 0.0482 e. The lowest BCUT2D eigenvalue weighted by Crippen LogP contribution is -2.46. The Hall–Kier alpha value is -0.130. The van der Waals surface area contributed by atoms with Crippen LogP contribution >= 0.6 is 11.9 Å². The summed E-state index contributed by atoms with van der Waals surface area (Å²) in [5.74, 6) is 0. The molecule has 0 saturated carbocycles. The Balaban J connectivity index is 2.34. The van der Waals surface area contributed by atoms with E-state index in [-0.39, 0.29) is 4.75 Å². The molecule has 1 rings (SSSR count). The highest BCUT2D eigenvalue weighted by Crippen LogP contribution is 2.27. The number of hydrogen-bond acceptors (Lipinski definition) is 5. The van der Waals surface area contributed by atoms with Gasteiger partial charge in [-0.25, -0.2) is 0 Å². The van der Waals surface area contributed by atoms with E-state index in [2.05, 4.69) is 42.2 Å². The van der Waals surface area contributed by atoms with Crippen LogP contribution in [0.15, 0.2) is 4.58 Å². The maximum atomic E-state index is 10.3. The van der Waals surface area contributed by atoms with Gasteiger partial charge in [0, 0.05) is 33.9 Å². The lowest BCUT2D eigenvalue weighted by atomic mass is 10.0. The third kappa shape index (κ3) is 4.94. The molecule has 0 bridgehead atoms. The fourth-order valence-electron chi connectivity index (χ4n) is 2.37. The summed E-state index contributed by atoms with van der Waals surface area (Å²) in [4.78, 5) is 15.1. The summed E-state index contributed by atoms with van der Waals surface area (Å²) >= 11 is 1.15. The van der Waals surface area contributed by atoms with Crippen molar-refractivity contribution in [2.24, 2.45) is 4.58 Å². The molecule has 1 heterocycles. The quantitative estimate of drug-likeness (QED) is 0.541. The number of rotatable bonds is 6. The first-order valence-corrected chi connectivity index (χ1v) is 6.98. The average molecular weight is 258 g/mol. The molecule has 0 N–H and O–H groups in total. The van der Waals surface area contributed by atoms with Gasteiger partial charge in [0.25, 0.3) is 0 Å². The Labute approximate surface area is 109 Å². The van der Waals surface area contributed by atoms with Crippen molar-refractivity contribution < 1.29 is 0 Å². The molecule has 1 radical (unpaired) electrons. The van der Waals surface area contributed by atoms with Gasteiger partial charge in [0.1, 0.15) is 0 Å². The topological polar surface area (TPSA) is 35.9 Å². The Bertz CT molecular complexity index is 240. The fourth-order valence-corrected chi connectivity index (χ4v) is 2.81. The minimum atomic E-state index is -0.0766. The summed E-state index contributed by atoms with van der Waals surface area (Å²) in [5, 5.41) is 0. The number of piperidine rings is 1. The summed E-state index contributed by atoms with van der Waals surface area (Å²) in [6.07, 6.45) is 2.39. The summed E-state index contributed by atoms with van der Waals surface area (Å²) in [6, 6.07) is 0.670. The molecule has 0 atom stereocenters. The normalized spacial score (nSPS) is 19.8. The molecule has 0 aromatic rings. The molecule has 1 saturated heterocycles. The van der Waals surface area contributed by atoms with Gasteiger partial charge in [-0.3, -0.25) is 0 Å². The maximum Gasteiger partial charge on any atom is 0.0482 e. The molecule has 0 amide bonds. The third-order valence-electron chi connectivity index (χ3n) is 3.42. The highest BCUT2D eigenvalue weighted by molar-refractivity contribution is 7.99. The van der Waals surface area contributed by atoms with E-state index in [1.165, 1.54) is 12.8 Å². The van der Waals surface area contributed by atoms with Crippen LogP contribution < -0.4 is 0 Å². The van der Waals surface area contributed by atoms with Gasteiger partial charge in [0.15, 0.2) is 0 Å². The molecule has 1 aliphatic heterocycles. The van der Waals surface area contributed by atoms with Crippen LogP contribution in [-0.2, 0) is 0 Å². The second kappa shape index (κ2) is 6.71. The van der Waals surface area contributed by atoms with Gasteiger partial charge in [-0.15, -0.1) is 4.91 Å². The summed E-state index contributed by atoms with van der Waals surface area (Å²) < 4.78 is 2.88. The molecule has 5 heteroatoms. The van der Waals surface area contributed by atoms with Crippen LogP contribution in [0, 0.1) is 11.8 Å². The van der Waals surface area contributed by atoms with E-state index in [1.807, 2.05) is 0 Å². The molecule has 1 fully saturated rings. The number of nitroso groups, excluding NO2 is 1. The van der Waals surface area contributed by atoms with Crippen LogP contribution in [0.25, 0.3) is 0 Å². The zero-order valence-corrected chi connectivity index (χ0v) is 12.0. The largest absolute Gasteiger partial charge is 0.303 e. The lowest BCUT2D eigenvalue weighted by molar-refractivity contribution is 0.130. The molecular weight excluding hydrogens is 234 g/mol. The molecule has 4 nitrogen and oxygen atoms in total. The number of hydrogen-bond donors (Lipinski definition) is 0. The SMILES string of the molecule is [CH2]CN(C)C1CCN(CC(C)(C)SN=O)CC1. The first-order valence-electron chi connectivity index (χ1n) is 6.21. The summed E-state index contributed by atoms with van der Waals surface area (Å²) in [6.45, 7) is 12.1. The van der Waals surface area contributed by atoms with Crippen LogP contribution in [0.1, 0.15) is 26.7 Å². The van der Waals surface area contributed by atoms with Crippen LogP contribution in [0.2, 0.25) is 0 Å². The molecule has 0 unspecified atom stereocenters. The predicted octanol–water partition coefficient (Wildman–Crippen LogP) is 2.41. The van der Waals surface area contributed by atoms with Crippen LogP contribution in [0.5, 0.6) is 0 Å². The number of nitrogens with zero attached hydrogens (tertiary/aromatic N) is 3. The average Bonchev–Trinajstić information content (AvgIpc) is 2.28. The van der Waals surface area contributed by atoms with E-state index < -0.39 is 0 Å². The van der Waals surface area contributed by atoms with E-state index in [1.54, 1.807) is 0 Å². The minimum Gasteiger partial charge on any atom is -0.303 e. The molecule has 17 heavy (non-hydrogen) atoms. The van der Waals surface area contributed by atoms with Gasteiger partial charge in [0.2, 0.25) is 0 Å². The zero-order chi connectivity index (χ0) is 12.9. The van der Waals surface area contributed by atoms with Crippen molar-refractivity contribution >= 4 is 11.9 Å². The van der Waals surface area contributed by atoms with E-state index in [9.17, 15) is 4.91 Å². The molecule has 0 spiro atoms. The second-order valence-electron chi connectivity index (χ2n) is 5.41. The molecule has 0 aromatic carbocycles. The van der Waals surface area contributed by atoms with E-state index in [0.29, 0.717) is 6.04 Å². The van der Waals surface area contributed by atoms with Gasteiger partial charge < -0.3 is 9.80 Å². The third-order valence-corrected chi connectivity index (χ3v) is 4.12. The monoisotopic (exact) mass is 258 g/mol. The van der Waals surface area contributed by atoms with Crippen molar-refractivity contribution in [2.75, 3.05) is 33.2 Å². The van der Waals surface area contributed by atoms with Crippen LogP contribution in [0.3, 0.4) is 0 Å². The maximum absolute atomic E-state index is 10.3.